The number of hydrogen-bond acceptors (Lipinski definition) is 7. The number of fused-ring (bicyclic) bond motifs is 2. The number of alkyl halides is 1. The molecular formula is C23H22F2N8O. The number of nitrogens with two attached hydrogens (primary N) is 2. The van der Waals surface area contributed by atoms with Crippen LogP contribution in [-0.4, -0.2) is 44.1 Å². The van der Waals surface area contributed by atoms with Crippen LogP contribution in [0, 0.1) is 12.7 Å². The Hall–Kier alpha value is -4.28. The van der Waals surface area contributed by atoms with Crippen molar-refractivity contribution in [1.29, 1.82) is 0 Å². The van der Waals surface area contributed by atoms with Gasteiger partial charge in [0.25, 0.3) is 0 Å². The number of benzene rings is 1. The minimum atomic E-state index is -1.36. The van der Waals surface area contributed by atoms with Gasteiger partial charge in [-0.3, -0.25) is 14.5 Å². The molecule has 0 aliphatic carbocycles. The Kier molecular flexibility index (Phi) is 5.03. The molecule has 174 valence electrons. The number of rotatable bonds is 3. The Bertz CT molecular complexity index is 1450. The van der Waals surface area contributed by atoms with E-state index in [0.717, 1.165) is 0 Å². The van der Waals surface area contributed by atoms with E-state index >= 15 is 4.39 Å². The zero-order valence-electron chi connectivity index (χ0n) is 18.5. The lowest BCUT2D eigenvalue weighted by Crippen LogP contribution is -2.29. The van der Waals surface area contributed by atoms with Gasteiger partial charge in [0.05, 0.1) is 29.8 Å². The van der Waals surface area contributed by atoms with E-state index in [1.165, 1.54) is 22.0 Å². The molecule has 0 bridgehead atoms. The molecule has 1 aliphatic rings. The fourth-order valence-electron chi connectivity index (χ4n) is 4.06. The highest BCUT2D eigenvalue weighted by Crippen LogP contribution is 2.36. The zero-order valence-corrected chi connectivity index (χ0v) is 18.5. The number of nitrogens with zero attached hydrogens (tertiary/aromatic N) is 5. The Balaban J connectivity index is 1.53. The summed E-state index contributed by atoms with van der Waals surface area (Å²) in [6, 6.07) is 4.90. The summed E-state index contributed by atoms with van der Waals surface area (Å²) >= 11 is 0. The van der Waals surface area contributed by atoms with E-state index in [2.05, 4.69) is 20.4 Å². The monoisotopic (exact) mass is 464 g/mol. The number of anilines is 4. The van der Waals surface area contributed by atoms with Crippen molar-refractivity contribution in [3.05, 3.63) is 53.9 Å². The van der Waals surface area contributed by atoms with Crippen LogP contribution >= 0.6 is 0 Å². The van der Waals surface area contributed by atoms with E-state index in [1.54, 1.807) is 38.4 Å². The van der Waals surface area contributed by atoms with Crippen LogP contribution in [0.2, 0.25) is 0 Å². The molecule has 1 unspecified atom stereocenters. The summed E-state index contributed by atoms with van der Waals surface area (Å²) < 4.78 is 31.1. The number of nitrogen functional groups attached to an aromatic ring is 2. The van der Waals surface area contributed by atoms with E-state index in [4.69, 9.17) is 11.5 Å². The van der Waals surface area contributed by atoms with Gasteiger partial charge in [0.15, 0.2) is 17.8 Å². The maximum Gasteiger partial charge on any atom is 0.244 e. The fraction of sp³-hybridized carbons (Fsp3) is 0.217. The summed E-state index contributed by atoms with van der Waals surface area (Å²) in [7, 11) is 1.56. The molecule has 34 heavy (non-hydrogen) atoms. The second-order valence-electron chi connectivity index (χ2n) is 8.32. The van der Waals surface area contributed by atoms with Gasteiger partial charge in [-0.2, -0.15) is 5.10 Å². The van der Waals surface area contributed by atoms with E-state index in [0.29, 0.717) is 44.9 Å². The molecule has 4 aromatic rings. The van der Waals surface area contributed by atoms with Crippen molar-refractivity contribution in [2.24, 2.45) is 0 Å². The molecule has 0 saturated heterocycles. The number of carbonyl (C=O) groups excluding carboxylic acids is 1. The topological polar surface area (TPSA) is 128 Å². The number of amides is 1. The predicted octanol–water partition coefficient (Wildman–Crippen LogP) is 3.33. The molecule has 11 heteroatoms. The minimum absolute atomic E-state index is 0.0371. The highest BCUT2D eigenvalue weighted by molar-refractivity contribution is 5.98. The summed E-state index contributed by atoms with van der Waals surface area (Å²) in [4.78, 5) is 21.8. The van der Waals surface area contributed by atoms with Crippen LogP contribution in [0.5, 0.6) is 0 Å². The maximum absolute atomic E-state index is 15.1. The van der Waals surface area contributed by atoms with Gasteiger partial charge in [-0.1, -0.05) is 0 Å². The van der Waals surface area contributed by atoms with E-state index < -0.39 is 12.0 Å². The van der Waals surface area contributed by atoms with E-state index in [1.807, 2.05) is 0 Å². The average molecular weight is 464 g/mol. The SMILES string of the molecule is Cc1c(N)cncc1-c1cc2cc(Nc3cc4n(n3)CC(=O)N(C)CC4F)ncc2c(N)c1F. The number of halogens is 2. The largest absolute Gasteiger partial charge is 0.397 e. The average Bonchev–Trinajstić information content (AvgIpc) is 3.16. The van der Waals surface area contributed by atoms with Gasteiger partial charge in [-0.05, 0) is 30.0 Å². The van der Waals surface area contributed by atoms with Crippen molar-refractivity contribution >= 4 is 39.7 Å². The third-order valence-electron chi connectivity index (χ3n) is 6.08. The quantitative estimate of drug-likeness (QED) is 0.397. The molecule has 4 heterocycles. The molecule has 0 saturated carbocycles. The van der Waals surface area contributed by atoms with Gasteiger partial charge in [-0.15, -0.1) is 0 Å². The molecule has 1 atom stereocenters. The number of likely N-dealkylation sites (N-methyl/N-ethyl adjacent to an activating group) is 1. The molecular weight excluding hydrogens is 442 g/mol. The third-order valence-corrected chi connectivity index (χ3v) is 6.08. The number of carbonyl (C=O) groups is 1. The lowest BCUT2D eigenvalue weighted by Gasteiger charge is -2.14. The van der Waals surface area contributed by atoms with Crippen molar-refractivity contribution in [3.8, 4) is 11.1 Å². The van der Waals surface area contributed by atoms with Crippen LogP contribution in [0.1, 0.15) is 17.4 Å². The number of nitrogens with one attached hydrogen (secondary N) is 1. The summed E-state index contributed by atoms with van der Waals surface area (Å²) in [5.41, 5.74) is 14.3. The van der Waals surface area contributed by atoms with Crippen molar-refractivity contribution < 1.29 is 13.6 Å². The molecule has 5 N–H and O–H groups in total. The van der Waals surface area contributed by atoms with Crippen LogP contribution in [0.15, 0.2) is 36.8 Å². The summed E-state index contributed by atoms with van der Waals surface area (Å²) in [6.07, 6.45) is 3.15. The molecule has 3 aromatic heterocycles. The summed E-state index contributed by atoms with van der Waals surface area (Å²) in [5.74, 6) is -0.0600. The van der Waals surface area contributed by atoms with Gasteiger partial charge in [-0.25, -0.2) is 13.8 Å². The molecule has 1 amide bonds. The zero-order chi connectivity index (χ0) is 24.1. The Morgan fingerprint density at radius 1 is 1.12 bits per heavy atom. The van der Waals surface area contributed by atoms with Crippen LogP contribution in [0.3, 0.4) is 0 Å². The minimum Gasteiger partial charge on any atom is -0.397 e. The molecule has 1 aliphatic heterocycles. The normalized spacial score (nSPS) is 15.9. The van der Waals surface area contributed by atoms with Gasteiger partial charge in [0.1, 0.15) is 12.4 Å². The van der Waals surface area contributed by atoms with Crippen molar-refractivity contribution in [2.75, 3.05) is 30.4 Å². The highest BCUT2D eigenvalue weighted by atomic mass is 19.1. The smallest absolute Gasteiger partial charge is 0.244 e. The van der Waals surface area contributed by atoms with Crippen LogP contribution in [0.4, 0.5) is 31.8 Å². The van der Waals surface area contributed by atoms with Crippen molar-refractivity contribution in [3.63, 3.8) is 0 Å². The number of pyridine rings is 2. The van der Waals surface area contributed by atoms with Gasteiger partial charge in [0.2, 0.25) is 5.91 Å². The first-order valence-corrected chi connectivity index (χ1v) is 10.5. The van der Waals surface area contributed by atoms with Crippen LogP contribution in [-0.2, 0) is 11.3 Å². The third kappa shape index (κ3) is 3.54. The summed E-state index contributed by atoms with van der Waals surface area (Å²) in [6.45, 7) is 1.70. The van der Waals surface area contributed by atoms with Gasteiger partial charge >= 0.3 is 0 Å². The van der Waals surface area contributed by atoms with Gasteiger partial charge < -0.3 is 21.7 Å². The maximum atomic E-state index is 15.1. The lowest BCUT2D eigenvalue weighted by molar-refractivity contribution is -0.130. The Morgan fingerprint density at radius 2 is 1.91 bits per heavy atom. The standard InChI is InChI=1S/C23H22F2N8O/c1-11-14(6-28-8-17(11)26)13-3-12-4-19(29-7-15(12)23(27)22(13)25)30-20-5-18-16(24)9-32(2)21(34)10-33(18)31-20/h3-8,16H,9-10,26-27H2,1-2H3,(H,29,30,31). The predicted molar refractivity (Wildman–Crippen MR) is 125 cm³/mol. The summed E-state index contributed by atoms with van der Waals surface area (Å²) in [5, 5.41) is 8.42. The first kappa shape index (κ1) is 21.6. The molecule has 0 spiro atoms. The molecule has 0 fully saturated rings. The Morgan fingerprint density at radius 3 is 2.71 bits per heavy atom. The molecule has 0 radical (unpaired) electrons. The van der Waals surface area contributed by atoms with Crippen LogP contribution < -0.4 is 16.8 Å². The first-order chi connectivity index (χ1) is 16.2. The van der Waals surface area contributed by atoms with Gasteiger partial charge in [0, 0.05) is 42.0 Å². The Labute approximate surface area is 193 Å². The highest BCUT2D eigenvalue weighted by Gasteiger charge is 2.27. The second kappa shape index (κ2) is 7.94. The van der Waals surface area contributed by atoms with Crippen molar-refractivity contribution in [1.82, 2.24) is 24.6 Å². The van der Waals surface area contributed by atoms with E-state index in [9.17, 15) is 9.18 Å². The number of hydrogen-bond donors (Lipinski definition) is 3. The lowest BCUT2D eigenvalue weighted by atomic mass is 9.97. The molecule has 9 nitrogen and oxygen atoms in total. The molecule has 5 rings (SSSR count). The van der Waals surface area contributed by atoms with E-state index in [-0.39, 0.29) is 30.2 Å². The molecule has 1 aromatic carbocycles. The fourth-order valence-corrected chi connectivity index (χ4v) is 4.06. The van der Waals surface area contributed by atoms with Crippen molar-refractivity contribution in [2.45, 2.75) is 19.6 Å². The number of aromatic nitrogens is 4. The van der Waals surface area contributed by atoms with Crippen LogP contribution in [0.25, 0.3) is 21.9 Å². The second-order valence-corrected chi connectivity index (χ2v) is 8.32. The first-order valence-electron chi connectivity index (χ1n) is 10.5.